The predicted octanol–water partition coefficient (Wildman–Crippen LogP) is 2.55. The number of ether oxygens (including phenoxy) is 1. The molecule has 0 aromatic carbocycles. The van der Waals surface area contributed by atoms with Gasteiger partial charge >= 0.3 is 0 Å². The van der Waals surface area contributed by atoms with E-state index in [0.29, 0.717) is 23.8 Å². The molecular weight excluding hydrogens is 340 g/mol. The SMILES string of the molecule is COCC1CCN(c2nc3nonc3nc2NCc2cccs2)CC1. The van der Waals surface area contributed by atoms with E-state index in [9.17, 15) is 0 Å². The zero-order chi connectivity index (χ0) is 17.1. The molecule has 3 aromatic rings. The Balaban J connectivity index is 1.56. The number of fused-ring (bicyclic) bond motifs is 1. The van der Waals surface area contributed by atoms with Crippen molar-refractivity contribution in [3.63, 3.8) is 0 Å². The summed E-state index contributed by atoms with van der Waals surface area (Å²) in [5.41, 5.74) is 0.863. The van der Waals surface area contributed by atoms with E-state index in [-0.39, 0.29) is 0 Å². The molecule has 0 spiro atoms. The normalized spacial score (nSPS) is 15.8. The highest BCUT2D eigenvalue weighted by Crippen LogP contribution is 2.29. The van der Waals surface area contributed by atoms with Gasteiger partial charge in [-0.15, -0.1) is 11.3 Å². The first kappa shape index (κ1) is 16.2. The van der Waals surface area contributed by atoms with E-state index in [1.165, 1.54) is 4.88 Å². The molecule has 1 N–H and O–H groups in total. The van der Waals surface area contributed by atoms with Gasteiger partial charge in [0.15, 0.2) is 11.6 Å². The molecule has 8 nitrogen and oxygen atoms in total. The van der Waals surface area contributed by atoms with Crippen LogP contribution in [0.2, 0.25) is 0 Å². The molecule has 0 aliphatic carbocycles. The maximum absolute atomic E-state index is 5.28. The minimum atomic E-state index is 0.423. The summed E-state index contributed by atoms with van der Waals surface area (Å²) in [7, 11) is 1.76. The molecule has 25 heavy (non-hydrogen) atoms. The second-order valence-corrected chi connectivity index (χ2v) is 7.16. The Morgan fingerprint density at radius 1 is 1.28 bits per heavy atom. The molecule has 0 unspecified atom stereocenters. The molecule has 1 saturated heterocycles. The Bertz CT molecular complexity index is 813. The molecule has 0 radical (unpaired) electrons. The van der Waals surface area contributed by atoms with Gasteiger partial charge in [0, 0.05) is 31.7 Å². The van der Waals surface area contributed by atoms with E-state index < -0.39 is 0 Å². The number of nitrogens with zero attached hydrogens (tertiary/aromatic N) is 5. The van der Waals surface area contributed by atoms with Crippen LogP contribution in [0, 0.1) is 5.92 Å². The maximum Gasteiger partial charge on any atom is 0.245 e. The number of piperidine rings is 1. The number of hydrogen-bond acceptors (Lipinski definition) is 9. The highest BCUT2D eigenvalue weighted by molar-refractivity contribution is 7.09. The van der Waals surface area contributed by atoms with Crippen molar-refractivity contribution in [2.24, 2.45) is 5.92 Å². The highest BCUT2D eigenvalue weighted by atomic mass is 32.1. The monoisotopic (exact) mass is 360 g/mol. The average Bonchev–Trinajstić information content (AvgIpc) is 3.31. The predicted molar refractivity (Wildman–Crippen MR) is 95.9 cm³/mol. The molecule has 9 heteroatoms. The van der Waals surface area contributed by atoms with Gasteiger partial charge in [-0.25, -0.2) is 14.6 Å². The minimum Gasteiger partial charge on any atom is -0.384 e. The number of hydrogen-bond donors (Lipinski definition) is 1. The third-order valence-electron chi connectivity index (χ3n) is 4.42. The van der Waals surface area contributed by atoms with Crippen molar-refractivity contribution in [3.8, 4) is 0 Å². The van der Waals surface area contributed by atoms with Crippen molar-refractivity contribution in [2.75, 3.05) is 37.0 Å². The molecule has 0 atom stereocenters. The Hall–Kier alpha value is -2.26. The molecule has 4 rings (SSSR count). The molecule has 0 saturated carbocycles. The summed E-state index contributed by atoms with van der Waals surface area (Å²) in [6, 6.07) is 4.14. The molecule has 0 amide bonds. The van der Waals surface area contributed by atoms with Gasteiger partial charge in [-0.1, -0.05) is 6.07 Å². The van der Waals surface area contributed by atoms with Crippen molar-refractivity contribution in [3.05, 3.63) is 22.4 Å². The van der Waals surface area contributed by atoms with E-state index >= 15 is 0 Å². The summed E-state index contributed by atoms with van der Waals surface area (Å²) in [6.07, 6.45) is 2.16. The highest BCUT2D eigenvalue weighted by Gasteiger charge is 2.24. The lowest BCUT2D eigenvalue weighted by Crippen LogP contribution is -2.36. The van der Waals surface area contributed by atoms with Gasteiger partial charge in [0.05, 0.1) is 6.54 Å². The van der Waals surface area contributed by atoms with E-state index in [1.54, 1.807) is 18.4 Å². The number of methoxy groups -OCH3 is 1. The summed E-state index contributed by atoms with van der Waals surface area (Å²) < 4.78 is 10.1. The number of anilines is 2. The fraction of sp³-hybridized carbons (Fsp3) is 0.500. The lowest BCUT2D eigenvalue weighted by molar-refractivity contribution is 0.139. The van der Waals surface area contributed by atoms with Crippen LogP contribution in [0.25, 0.3) is 11.3 Å². The topological polar surface area (TPSA) is 89.2 Å². The zero-order valence-electron chi connectivity index (χ0n) is 14.0. The molecule has 1 aliphatic heterocycles. The van der Waals surface area contributed by atoms with Gasteiger partial charge in [-0.3, -0.25) is 0 Å². The van der Waals surface area contributed by atoms with Crippen LogP contribution in [0.15, 0.2) is 22.1 Å². The Labute approximate surface area is 149 Å². The molecule has 0 bridgehead atoms. The second kappa shape index (κ2) is 7.32. The number of nitrogens with one attached hydrogen (secondary N) is 1. The van der Waals surface area contributed by atoms with Crippen LogP contribution >= 0.6 is 11.3 Å². The average molecular weight is 360 g/mol. The van der Waals surface area contributed by atoms with E-state index in [1.807, 2.05) is 6.07 Å². The van der Waals surface area contributed by atoms with Crippen molar-refractivity contribution in [2.45, 2.75) is 19.4 Å². The number of thiophene rings is 1. The molecule has 4 heterocycles. The van der Waals surface area contributed by atoms with E-state index in [0.717, 1.165) is 44.2 Å². The van der Waals surface area contributed by atoms with Crippen LogP contribution in [0.5, 0.6) is 0 Å². The lowest BCUT2D eigenvalue weighted by Gasteiger charge is -2.33. The van der Waals surface area contributed by atoms with Gasteiger partial charge in [0.2, 0.25) is 11.3 Å². The zero-order valence-corrected chi connectivity index (χ0v) is 14.8. The third kappa shape index (κ3) is 3.57. The second-order valence-electron chi connectivity index (χ2n) is 6.13. The first-order chi connectivity index (χ1) is 12.3. The fourth-order valence-electron chi connectivity index (χ4n) is 3.10. The standard InChI is InChI=1S/C16H20N6O2S/c1-23-10-11-4-6-22(7-5-11)16-15(17-9-12-3-2-8-25-12)18-13-14(19-16)21-24-20-13/h2-3,8,11H,4-7,9-10H2,1H3,(H,17,18,20). The van der Waals surface area contributed by atoms with Gasteiger partial charge in [-0.05, 0) is 40.5 Å². The van der Waals surface area contributed by atoms with Crippen LogP contribution in [0.4, 0.5) is 11.6 Å². The number of rotatable bonds is 6. The lowest BCUT2D eigenvalue weighted by atomic mass is 9.98. The smallest absolute Gasteiger partial charge is 0.245 e. The maximum atomic E-state index is 5.28. The van der Waals surface area contributed by atoms with Gasteiger partial charge in [-0.2, -0.15) is 0 Å². The Kier molecular flexibility index (Phi) is 4.75. The summed E-state index contributed by atoms with van der Waals surface area (Å²) >= 11 is 1.71. The molecular formula is C16H20N6O2S. The van der Waals surface area contributed by atoms with Gasteiger partial charge < -0.3 is 15.0 Å². The van der Waals surface area contributed by atoms with Crippen molar-refractivity contribution in [1.29, 1.82) is 0 Å². The summed E-state index contributed by atoms with van der Waals surface area (Å²) in [6.45, 7) is 3.37. The summed E-state index contributed by atoms with van der Waals surface area (Å²) in [5, 5.41) is 13.1. The van der Waals surface area contributed by atoms with Crippen LogP contribution in [-0.4, -0.2) is 47.1 Å². The Morgan fingerprint density at radius 3 is 2.80 bits per heavy atom. The summed E-state index contributed by atoms with van der Waals surface area (Å²) in [5.74, 6) is 2.14. The largest absolute Gasteiger partial charge is 0.384 e. The molecule has 1 fully saturated rings. The van der Waals surface area contributed by atoms with Crippen LogP contribution in [0.3, 0.4) is 0 Å². The van der Waals surface area contributed by atoms with Crippen LogP contribution in [0.1, 0.15) is 17.7 Å². The third-order valence-corrected chi connectivity index (χ3v) is 5.30. The van der Waals surface area contributed by atoms with Crippen molar-refractivity contribution >= 4 is 34.3 Å². The summed E-state index contributed by atoms with van der Waals surface area (Å²) in [4.78, 5) is 12.7. The first-order valence-electron chi connectivity index (χ1n) is 8.34. The fourth-order valence-corrected chi connectivity index (χ4v) is 3.74. The minimum absolute atomic E-state index is 0.423. The molecule has 3 aromatic heterocycles. The quantitative estimate of drug-likeness (QED) is 0.717. The van der Waals surface area contributed by atoms with E-state index in [4.69, 9.17) is 9.37 Å². The van der Waals surface area contributed by atoms with E-state index in [2.05, 4.69) is 41.9 Å². The molecule has 1 aliphatic rings. The van der Waals surface area contributed by atoms with Gasteiger partial charge in [0.25, 0.3) is 0 Å². The number of aromatic nitrogens is 4. The molecule has 132 valence electrons. The van der Waals surface area contributed by atoms with Crippen molar-refractivity contribution < 1.29 is 9.37 Å². The van der Waals surface area contributed by atoms with Crippen LogP contribution < -0.4 is 10.2 Å². The van der Waals surface area contributed by atoms with Gasteiger partial charge in [0.1, 0.15) is 0 Å². The first-order valence-corrected chi connectivity index (χ1v) is 9.22. The van der Waals surface area contributed by atoms with Crippen molar-refractivity contribution in [1.82, 2.24) is 20.3 Å². The van der Waals surface area contributed by atoms with Crippen LogP contribution in [-0.2, 0) is 11.3 Å². The Morgan fingerprint density at radius 2 is 2.08 bits per heavy atom.